The zero-order valence-electron chi connectivity index (χ0n) is 10.3. The molecular formula is C12H14BrNO4S. The molecule has 0 spiro atoms. The van der Waals surface area contributed by atoms with Gasteiger partial charge in [-0.15, -0.1) is 11.3 Å². The fourth-order valence-electron chi connectivity index (χ4n) is 2.00. The van der Waals surface area contributed by atoms with Crippen molar-refractivity contribution in [3.05, 3.63) is 20.8 Å². The number of carboxylic acid groups (broad SMARTS) is 1. The number of carbonyl (C=O) groups is 2. The summed E-state index contributed by atoms with van der Waals surface area (Å²) >= 11 is 4.86. The number of nitrogens with zero attached hydrogens (tertiary/aromatic N) is 1. The molecule has 0 bridgehead atoms. The van der Waals surface area contributed by atoms with Gasteiger partial charge in [-0.1, -0.05) is 0 Å². The maximum absolute atomic E-state index is 12.2. The predicted molar refractivity (Wildman–Crippen MR) is 74.3 cm³/mol. The zero-order valence-corrected chi connectivity index (χ0v) is 12.7. The molecule has 104 valence electrons. The van der Waals surface area contributed by atoms with Crippen LogP contribution in [0.1, 0.15) is 11.8 Å². The van der Waals surface area contributed by atoms with E-state index in [0.717, 1.165) is 8.66 Å². The minimum absolute atomic E-state index is 0.0595. The second-order valence-electron chi connectivity index (χ2n) is 4.45. The lowest BCUT2D eigenvalue weighted by atomic mass is 10.2. The summed E-state index contributed by atoms with van der Waals surface area (Å²) in [5.41, 5.74) is 0. The van der Waals surface area contributed by atoms with E-state index in [1.165, 1.54) is 11.3 Å². The van der Waals surface area contributed by atoms with E-state index in [1.54, 1.807) is 11.8 Å². The predicted octanol–water partition coefficient (Wildman–Crippen LogP) is 1.75. The van der Waals surface area contributed by atoms with Crippen LogP contribution in [0.5, 0.6) is 0 Å². The molecule has 1 aliphatic heterocycles. The monoisotopic (exact) mass is 347 g/mol. The quantitative estimate of drug-likeness (QED) is 0.904. The highest BCUT2D eigenvalue weighted by Gasteiger charge is 2.32. The molecule has 1 amide bonds. The topological polar surface area (TPSA) is 66.8 Å². The Morgan fingerprint density at radius 3 is 2.84 bits per heavy atom. The number of carbonyl (C=O) groups excluding carboxylic acids is 1. The molecule has 2 atom stereocenters. The van der Waals surface area contributed by atoms with Gasteiger partial charge >= 0.3 is 5.97 Å². The maximum Gasteiger partial charge on any atom is 0.334 e. The number of amides is 1. The van der Waals surface area contributed by atoms with Gasteiger partial charge in [0.2, 0.25) is 5.91 Å². The summed E-state index contributed by atoms with van der Waals surface area (Å²) in [6, 6.07) is 3.79. The van der Waals surface area contributed by atoms with Crippen molar-refractivity contribution in [3.8, 4) is 0 Å². The minimum atomic E-state index is -1.02. The van der Waals surface area contributed by atoms with E-state index < -0.39 is 12.1 Å². The van der Waals surface area contributed by atoms with Gasteiger partial charge in [0.05, 0.1) is 22.9 Å². The number of thiophene rings is 1. The number of ether oxygens (including phenoxy) is 1. The Morgan fingerprint density at radius 2 is 2.26 bits per heavy atom. The maximum atomic E-state index is 12.2. The van der Waals surface area contributed by atoms with Crippen molar-refractivity contribution in [2.75, 3.05) is 13.1 Å². The molecule has 7 heteroatoms. The van der Waals surface area contributed by atoms with Gasteiger partial charge in [-0.3, -0.25) is 4.79 Å². The number of carboxylic acids is 1. The summed E-state index contributed by atoms with van der Waals surface area (Å²) in [5, 5.41) is 8.98. The first-order chi connectivity index (χ1) is 8.95. The largest absolute Gasteiger partial charge is 0.479 e. The van der Waals surface area contributed by atoms with Crippen molar-refractivity contribution >= 4 is 39.1 Å². The molecule has 1 aromatic heterocycles. The van der Waals surface area contributed by atoms with Crippen LogP contribution >= 0.6 is 27.3 Å². The molecule has 2 rings (SSSR count). The molecule has 1 aliphatic rings. The number of hydrogen-bond acceptors (Lipinski definition) is 4. The minimum Gasteiger partial charge on any atom is -0.479 e. The van der Waals surface area contributed by atoms with E-state index in [4.69, 9.17) is 9.84 Å². The Labute approximate surface area is 123 Å². The lowest BCUT2D eigenvalue weighted by Gasteiger charge is -2.34. The van der Waals surface area contributed by atoms with Gasteiger partial charge in [0.25, 0.3) is 0 Å². The molecule has 5 nitrogen and oxygen atoms in total. The SMILES string of the molecule is C[C@@H]1CN(C(=O)Cc2ccc(Br)s2)CC(C(=O)O)O1. The first kappa shape index (κ1) is 14.5. The van der Waals surface area contributed by atoms with Gasteiger partial charge in [-0.05, 0) is 35.0 Å². The second-order valence-corrected chi connectivity index (χ2v) is 7.00. The molecule has 1 saturated heterocycles. The second kappa shape index (κ2) is 6.02. The van der Waals surface area contributed by atoms with Crippen LogP contribution in [0.2, 0.25) is 0 Å². The molecule has 1 aromatic rings. The summed E-state index contributed by atoms with van der Waals surface area (Å²) in [6.45, 7) is 2.33. The van der Waals surface area contributed by atoms with Crippen molar-refractivity contribution in [1.29, 1.82) is 0 Å². The van der Waals surface area contributed by atoms with E-state index in [0.29, 0.717) is 13.0 Å². The molecule has 1 fully saturated rings. The Kier molecular flexibility index (Phi) is 4.59. The fraction of sp³-hybridized carbons (Fsp3) is 0.500. The van der Waals surface area contributed by atoms with E-state index in [1.807, 2.05) is 12.1 Å². The van der Waals surface area contributed by atoms with Gasteiger partial charge in [0, 0.05) is 11.4 Å². The molecule has 1 N–H and O–H groups in total. The average Bonchev–Trinajstić information content (AvgIpc) is 2.73. The summed E-state index contributed by atoms with van der Waals surface area (Å²) < 4.78 is 6.26. The van der Waals surface area contributed by atoms with Crippen molar-refractivity contribution < 1.29 is 19.4 Å². The van der Waals surface area contributed by atoms with Gasteiger partial charge in [-0.25, -0.2) is 4.79 Å². The average molecular weight is 348 g/mol. The van der Waals surface area contributed by atoms with Crippen LogP contribution < -0.4 is 0 Å². The van der Waals surface area contributed by atoms with E-state index >= 15 is 0 Å². The van der Waals surface area contributed by atoms with E-state index in [-0.39, 0.29) is 18.6 Å². The van der Waals surface area contributed by atoms with Crippen LogP contribution in [0.15, 0.2) is 15.9 Å². The lowest BCUT2D eigenvalue weighted by Crippen LogP contribution is -2.52. The zero-order chi connectivity index (χ0) is 14.0. The van der Waals surface area contributed by atoms with E-state index in [2.05, 4.69) is 15.9 Å². The van der Waals surface area contributed by atoms with Crippen molar-refractivity contribution in [2.24, 2.45) is 0 Å². The number of rotatable bonds is 3. The Hall–Kier alpha value is -0.920. The summed E-state index contributed by atoms with van der Waals surface area (Å²) in [5.74, 6) is -1.08. The van der Waals surface area contributed by atoms with Crippen molar-refractivity contribution in [1.82, 2.24) is 4.90 Å². The number of aliphatic carboxylic acids is 1. The highest BCUT2D eigenvalue weighted by atomic mass is 79.9. The molecular weight excluding hydrogens is 334 g/mol. The first-order valence-electron chi connectivity index (χ1n) is 5.86. The smallest absolute Gasteiger partial charge is 0.334 e. The number of hydrogen-bond donors (Lipinski definition) is 1. The Morgan fingerprint density at radius 1 is 1.53 bits per heavy atom. The number of morpholine rings is 1. The molecule has 0 aliphatic carbocycles. The Bertz CT molecular complexity index is 490. The summed E-state index contributed by atoms with van der Waals surface area (Å²) in [7, 11) is 0. The molecule has 19 heavy (non-hydrogen) atoms. The van der Waals surface area contributed by atoms with Crippen LogP contribution in [-0.2, 0) is 20.7 Å². The molecule has 1 unspecified atom stereocenters. The molecule has 0 aromatic carbocycles. The van der Waals surface area contributed by atoms with Gasteiger partial charge in [-0.2, -0.15) is 0 Å². The highest BCUT2D eigenvalue weighted by Crippen LogP contribution is 2.23. The molecule has 0 radical (unpaired) electrons. The summed E-state index contributed by atoms with van der Waals surface area (Å²) in [4.78, 5) is 25.7. The van der Waals surface area contributed by atoms with Crippen LogP contribution in [0.3, 0.4) is 0 Å². The first-order valence-corrected chi connectivity index (χ1v) is 7.47. The van der Waals surface area contributed by atoms with Gasteiger partial charge < -0.3 is 14.7 Å². The lowest BCUT2D eigenvalue weighted by molar-refractivity contribution is -0.166. The number of halogens is 1. The fourth-order valence-corrected chi connectivity index (χ4v) is 3.47. The van der Waals surface area contributed by atoms with Crippen LogP contribution in [0, 0.1) is 0 Å². The Balaban J connectivity index is 2.00. The third-order valence-corrected chi connectivity index (χ3v) is 4.47. The van der Waals surface area contributed by atoms with Crippen LogP contribution in [0.4, 0.5) is 0 Å². The highest BCUT2D eigenvalue weighted by molar-refractivity contribution is 9.11. The third kappa shape index (κ3) is 3.77. The summed E-state index contributed by atoms with van der Waals surface area (Å²) in [6.07, 6.45) is -0.883. The molecule has 2 heterocycles. The standard InChI is InChI=1S/C12H14BrNO4S/c1-7-5-14(6-9(18-7)12(16)17)11(15)4-8-2-3-10(13)19-8/h2-3,7,9H,4-6H2,1H3,(H,16,17)/t7-,9?/m1/s1. The molecule has 0 saturated carbocycles. The normalized spacial score (nSPS) is 23.4. The van der Waals surface area contributed by atoms with E-state index in [9.17, 15) is 9.59 Å². The van der Waals surface area contributed by atoms with Crippen molar-refractivity contribution in [2.45, 2.75) is 25.6 Å². The van der Waals surface area contributed by atoms with Crippen LogP contribution in [-0.4, -0.2) is 47.2 Å². The van der Waals surface area contributed by atoms with Gasteiger partial charge in [0.1, 0.15) is 0 Å². The van der Waals surface area contributed by atoms with Gasteiger partial charge in [0.15, 0.2) is 6.10 Å². The van der Waals surface area contributed by atoms with Crippen LogP contribution in [0.25, 0.3) is 0 Å². The third-order valence-electron chi connectivity index (χ3n) is 2.84. The van der Waals surface area contributed by atoms with Crippen molar-refractivity contribution in [3.63, 3.8) is 0 Å².